The highest BCUT2D eigenvalue weighted by molar-refractivity contribution is 5.93. The van der Waals surface area contributed by atoms with Crippen LogP contribution in [0.4, 0.5) is 19.3 Å². The van der Waals surface area contributed by atoms with Crippen LogP contribution in [0.25, 0.3) is 0 Å². The number of likely N-dealkylation sites (N-methyl/N-ethyl adjacent to an activating group) is 1. The van der Waals surface area contributed by atoms with Gasteiger partial charge in [0, 0.05) is 19.2 Å². The van der Waals surface area contributed by atoms with Crippen LogP contribution in [0.3, 0.4) is 0 Å². The summed E-state index contributed by atoms with van der Waals surface area (Å²) < 4.78 is 26.1. The molecule has 3 amide bonds. The minimum Gasteiger partial charge on any atom is -0.341 e. The Kier molecular flexibility index (Phi) is 6.08. The first-order chi connectivity index (χ1) is 9.88. The lowest BCUT2D eigenvalue weighted by molar-refractivity contribution is -0.132. The Morgan fingerprint density at radius 3 is 2.38 bits per heavy atom. The third-order valence-electron chi connectivity index (χ3n) is 2.97. The molecule has 0 spiro atoms. The number of nitrogens with one attached hydrogen (secondary N) is 2. The normalized spacial score (nSPS) is 11.7. The maximum Gasteiger partial charge on any atom is 0.319 e. The molecule has 5 nitrogen and oxygen atoms in total. The van der Waals surface area contributed by atoms with E-state index in [4.69, 9.17) is 0 Å². The number of halogens is 2. The quantitative estimate of drug-likeness (QED) is 0.876. The SMILES string of the molecule is CCN(CC)C(=O)[C@H](C)NC(=O)Nc1ccc(F)cc1F. The number of carbonyl (C=O) groups is 2. The van der Waals surface area contributed by atoms with Gasteiger partial charge in [-0.3, -0.25) is 4.79 Å². The minimum atomic E-state index is -0.882. The lowest BCUT2D eigenvalue weighted by Crippen LogP contribution is -2.48. The molecule has 116 valence electrons. The van der Waals surface area contributed by atoms with Gasteiger partial charge in [-0.05, 0) is 32.9 Å². The zero-order valence-electron chi connectivity index (χ0n) is 12.2. The van der Waals surface area contributed by atoms with E-state index in [1.807, 2.05) is 13.8 Å². The van der Waals surface area contributed by atoms with E-state index in [2.05, 4.69) is 10.6 Å². The molecule has 1 atom stereocenters. The van der Waals surface area contributed by atoms with E-state index >= 15 is 0 Å². The Labute approximate surface area is 122 Å². The number of hydrogen-bond acceptors (Lipinski definition) is 2. The molecule has 2 N–H and O–H groups in total. The van der Waals surface area contributed by atoms with Crippen LogP contribution in [0.1, 0.15) is 20.8 Å². The first-order valence-electron chi connectivity index (χ1n) is 6.70. The summed E-state index contributed by atoms with van der Waals surface area (Å²) in [5.41, 5.74) is -0.156. The maximum atomic E-state index is 13.4. The average Bonchev–Trinajstić information content (AvgIpc) is 2.43. The largest absolute Gasteiger partial charge is 0.341 e. The summed E-state index contributed by atoms with van der Waals surface area (Å²) in [7, 11) is 0. The summed E-state index contributed by atoms with van der Waals surface area (Å²) in [6, 6.07) is 1.34. The number of urea groups is 1. The van der Waals surface area contributed by atoms with Crippen molar-refractivity contribution in [3.05, 3.63) is 29.8 Å². The first kappa shape index (κ1) is 16.9. The molecule has 0 aliphatic heterocycles. The Hall–Kier alpha value is -2.18. The van der Waals surface area contributed by atoms with Gasteiger partial charge in [-0.15, -0.1) is 0 Å². The van der Waals surface area contributed by atoms with Crippen LogP contribution < -0.4 is 10.6 Å². The second-order valence-electron chi connectivity index (χ2n) is 4.45. The Bertz CT molecular complexity index is 519. The molecule has 1 aromatic rings. The molecule has 1 aromatic carbocycles. The van der Waals surface area contributed by atoms with Crippen molar-refractivity contribution in [3.63, 3.8) is 0 Å². The molecule has 0 saturated heterocycles. The second kappa shape index (κ2) is 7.56. The van der Waals surface area contributed by atoms with Gasteiger partial charge in [0.25, 0.3) is 0 Å². The van der Waals surface area contributed by atoms with Gasteiger partial charge in [-0.25, -0.2) is 13.6 Å². The number of anilines is 1. The van der Waals surface area contributed by atoms with E-state index in [1.54, 1.807) is 11.8 Å². The Morgan fingerprint density at radius 1 is 1.24 bits per heavy atom. The van der Waals surface area contributed by atoms with Crippen LogP contribution >= 0.6 is 0 Å². The molecule has 21 heavy (non-hydrogen) atoms. The van der Waals surface area contributed by atoms with Crippen molar-refractivity contribution in [2.24, 2.45) is 0 Å². The number of amides is 3. The van der Waals surface area contributed by atoms with E-state index < -0.39 is 23.7 Å². The highest BCUT2D eigenvalue weighted by atomic mass is 19.1. The van der Waals surface area contributed by atoms with Crippen LogP contribution in [0.15, 0.2) is 18.2 Å². The van der Waals surface area contributed by atoms with Crippen molar-refractivity contribution in [2.75, 3.05) is 18.4 Å². The fourth-order valence-corrected chi connectivity index (χ4v) is 1.82. The van der Waals surface area contributed by atoms with Crippen molar-refractivity contribution >= 4 is 17.6 Å². The summed E-state index contributed by atoms with van der Waals surface area (Å²) in [6.45, 7) is 6.29. The van der Waals surface area contributed by atoms with Crippen LogP contribution in [-0.4, -0.2) is 36.0 Å². The Balaban J connectivity index is 2.62. The lowest BCUT2D eigenvalue weighted by Gasteiger charge is -2.23. The molecule has 0 aliphatic carbocycles. The first-order valence-corrected chi connectivity index (χ1v) is 6.70. The van der Waals surface area contributed by atoms with E-state index in [-0.39, 0.29) is 11.6 Å². The van der Waals surface area contributed by atoms with Crippen molar-refractivity contribution in [1.82, 2.24) is 10.2 Å². The summed E-state index contributed by atoms with van der Waals surface area (Å²) in [5.74, 6) is -1.84. The molecule has 1 rings (SSSR count). The van der Waals surface area contributed by atoms with Crippen molar-refractivity contribution in [1.29, 1.82) is 0 Å². The monoisotopic (exact) mass is 299 g/mol. The molecule has 0 bridgehead atoms. The number of hydrogen-bond donors (Lipinski definition) is 2. The summed E-state index contributed by atoms with van der Waals surface area (Å²) in [5, 5.41) is 4.65. The van der Waals surface area contributed by atoms with E-state index in [0.29, 0.717) is 19.2 Å². The summed E-state index contributed by atoms with van der Waals surface area (Å²) in [4.78, 5) is 25.2. The molecule has 0 fully saturated rings. The second-order valence-corrected chi connectivity index (χ2v) is 4.45. The van der Waals surface area contributed by atoms with Gasteiger partial charge >= 0.3 is 6.03 Å². The van der Waals surface area contributed by atoms with E-state index in [9.17, 15) is 18.4 Å². The summed E-state index contributed by atoms with van der Waals surface area (Å²) in [6.07, 6.45) is 0. The summed E-state index contributed by atoms with van der Waals surface area (Å²) >= 11 is 0. The van der Waals surface area contributed by atoms with Gasteiger partial charge < -0.3 is 15.5 Å². The van der Waals surface area contributed by atoms with Gasteiger partial charge in [0.1, 0.15) is 17.7 Å². The molecular formula is C14H19F2N3O2. The predicted molar refractivity (Wildman–Crippen MR) is 75.9 cm³/mol. The van der Waals surface area contributed by atoms with Gasteiger partial charge in [0.2, 0.25) is 5.91 Å². The number of rotatable bonds is 5. The van der Waals surface area contributed by atoms with E-state index in [1.165, 1.54) is 0 Å². The topological polar surface area (TPSA) is 61.4 Å². The molecule has 0 unspecified atom stereocenters. The molecule has 0 heterocycles. The van der Waals surface area contributed by atoms with Gasteiger partial charge in [-0.1, -0.05) is 0 Å². The highest BCUT2D eigenvalue weighted by Crippen LogP contribution is 2.14. The van der Waals surface area contributed by atoms with Crippen LogP contribution in [0, 0.1) is 11.6 Å². The highest BCUT2D eigenvalue weighted by Gasteiger charge is 2.20. The Morgan fingerprint density at radius 2 is 1.86 bits per heavy atom. The lowest BCUT2D eigenvalue weighted by atomic mass is 10.2. The molecule has 0 aliphatic rings. The van der Waals surface area contributed by atoms with Crippen LogP contribution in [0.2, 0.25) is 0 Å². The molecule has 0 radical (unpaired) electrons. The average molecular weight is 299 g/mol. The number of carbonyl (C=O) groups excluding carboxylic acids is 2. The van der Waals surface area contributed by atoms with Gasteiger partial charge in [0.15, 0.2) is 0 Å². The fraction of sp³-hybridized carbons (Fsp3) is 0.429. The molecule has 7 heteroatoms. The number of nitrogens with zero attached hydrogens (tertiary/aromatic N) is 1. The van der Waals surface area contributed by atoms with Gasteiger partial charge in [0.05, 0.1) is 5.69 Å². The zero-order valence-corrected chi connectivity index (χ0v) is 12.2. The number of benzene rings is 1. The molecule has 0 aromatic heterocycles. The molecule has 0 saturated carbocycles. The van der Waals surface area contributed by atoms with Crippen molar-refractivity contribution < 1.29 is 18.4 Å². The third-order valence-corrected chi connectivity index (χ3v) is 2.97. The predicted octanol–water partition coefficient (Wildman–Crippen LogP) is 2.34. The van der Waals surface area contributed by atoms with Crippen molar-refractivity contribution in [2.45, 2.75) is 26.8 Å². The smallest absolute Gasteiger partial charge is 0.319 e. The van der Waals surface area contributed by atoms with E-state index in [0.717, 1.165) is 12.1 Å². The van der Waals surface area contributed by atoms with Crippen molar-refractivity contribution in [3.8, 4) is 0 Å². The van der Waals surface area contributed by atoms with Gasteiger partial charge in [-0.2, -0.15) is 0 Å². The fourth-order valence-electron chi connectivity index (χ4n) is 1.82. The van der Waals surface area contributed by atoms with Crippen LogP contribution in [-0.2, 0) is 4.79 Å². The van der Waals surface area contributed by atoms with Crippen LogP contribution in [0.5, 0.6) is 0 Å². The zero-order chi connectivity index (χ0) is 16.0. The standard InChI is InChI=1S/C14H19F2N3O2/c1-4-19(5-2)13(20)9(3)17-14(21)18-12-7-6-10(15)8-11(12)16/h6-9H,4-5H2,1-3H3,(H2,17,18,21)/t9-/m0/s1. The maximum absolute atomic E-state index is 13.4. The third kappa shape index (κ3) is 4.70. The molecular weight excluding hydrogens is 280 g/mol. The minimum absolute atomic E-state index is 0.156.